The highest BCUT2D eigenvalue weighted by atomic mass is 79.9. The van der Waals surface area contributed by atoms with Crippen molar-refractivity contribution >= 4 is 156 Å². The lowest BCUT2D eigenvalue weighted by atomic mass is 9.80. The molecule has 0 saturated carbocycles. The Kier molecular flexibility index (Phi) is 15.4. The molecule has 2 N–H and O–H groups in total. The molecule has 6 heteroatoms. The highest BCUT2D eigenvalue weighted by Crippen LogP contribution is 2.50. The van der Waals surface area contributed by atoms with Gasteiger partial charge in [0.05, 0.1) is 0 Å². The molecule has 18 aromatic rings. The average Bonchev–Trinajstić information content (AvgIpc) is 1.17. The summed E-state index contributed by atoms with van der Waals surface area (Å²) >= 11 is 7.38. The third kappa shape index (κ3) is 10.1. The summed E-state index contributed by atoms with van der Waals surface area (Å²) in [6.07, 6.45) is 0. The molecule has 0 spiro atoms. The van der Waals surface area contributed by atoms with Crippen LogP contribution in [0.5, 0.6) is 0 Å². The van der Waals surface area contributed by atoms with Gasteiger partial charge in [-0.1, -0.05) is 311 Å². The number of halogens is 1. The molecule has 0 unspecified atom stereocenters. The largest absolute Gasteiger partial charge is 0.489 e. The zero-order chi connectivity index (χ0) is 60.2. The zero-order valence-electron chi connectivity index (χ0n) is 48.7. The van der Waals surface area contributed by atoms with Crippen LogP contribution in [-0.4, -0.2) is 17.2 Å². The van der Waals surface area contributed by atoms with Gasteiger partial charge in [0.2, 0.25) is 0 Å². The van der Waals surface area contributed by atoms with Gasteiger partial charge in [0.1, 0.15) is 0 Å². The topological polar surface area (TPSA) is 40.5 Å². The van der Waals surface area contributed by atoms with Crippen molar-refractivity contribution in [2.24, 2.45) is 0 Å². The summed E-state index contributed by atoms with van der Waals surface area (Å²) in [5.74, 6) is 0. The molecule has 2 heterocycles. The number of benzene rings is 16. The third-order valence-electron chi connectivity index (χ3n) is 17.7. The molecule has 2 nitrogen and oxygen atoms in total. The molecule has 0 saturated heterocycles. The molecule has 0 aliphatic rings. The second-order valence-corrected chi connectivity index (χ2v) is 25.6. The van der Waals surface area contributed by atoms with Crippen molar-refractivity contribution in [3.8, 4) is 55.6 Å². The van der Waals surface area contributed by atoms with Gasteiger partial charge in [-0.3, -0.25) is 0 Å². The van der Waals surface area contributed by atoms with Gasteiger partial charge in [-0.25, -0.2) is 0 Å². The van der Waals surface area contributed by atoms with E-state index in [2.05, 4.69) is 295 Å². The molecular formula is C85H58BBrO2S2. The van der Waals surface area contributed by atoms with Crippen LogP contribution in [0.3, 0.4) is 0 Å². The second kappa shape index (κ2) is 24.4. The Balaban J connectivity index is 0.000000125. The van der Waals surface area contributed by atoms with Gasteiger partial charge in [0.15, 0.2) is 0 Å². The average molecular weight is 1270 g/mol. The van der Waals surface area contributed by atoms with E-state index >= 15 is 0 Å². The minimum absolute atomic E-state index is 0. The van der Waals surface area contributed by atoms with E-state index in [1.54, 1.807) is 17.4 Å². The maximum Gasteiger partial charge on any atom is 0.489 e. The Morgan fingerprint density at radius 1 is 0.231 bits per heavy atom. The summed E-state index contributed by atoms with van der Waals surface area (Å²) in [4.78, 5) is 0. The molecule has 2 aromatic heterocycles. The summed E-state index contributed by atoms with van der Waals surface area (Å²) in [6, 6.07) is 113. The lowest BCUT2D eigenvalue weighted by molar-refractivity contribution is 0.426. The molecular weight excluding hydrogens is 1210 g/mol. The predicted octanol–water partition coefficient (Wildman–Crippen LogP) is 24.1. The number of hydrogen-bond donors (Lipinski definition) is 2. The Bertz CT molecular complexity index is 5680. The fourth-order valence-electron chi connectivity index (χ4n) is 13.8. The minimum Gasteiger partial charge on any atom is -0.423 e. The molecule has 432 valence electrons. The number of fused-ring (bicyclic) bond motifs is 12. The summed E-state index contributed by atoms with van der Waals surface area (Å²) < 4.78 is 5.97. The van der Waals surface area contributed by atoms with Gasteiger partial charge in [-0.2, -0.15) is 0 Å². The Hall–Kier alpha value is -10.0. The van der Waals surface area contributed by atoms with Crippen molar-refractivity contribution in [1.82, 2.24) is 0 Å². The van der Waals surface area contributed by atoms with Crippen LogP contribution < -0.4 is 5.46 Å². The first-order chi connectivity index (χ1) is 44.5. The lowest BCUT2D eigenvalue weighted by Gasteiger charge is -2.20. The Morgan fingerprint density at radius 2 is 0.516 bits per heavy atom. The Labute approximate surface area is 545 Å². The van der Waals surface area contributed by atoms with Crippen molar-refractivity contribution < 1.29 is 10.0 Å². The van der Waals surface area contributed by atoms with Crippen LogP contribution in [0.15, 0.2) is 320 Å². The standard InChI is InChI=1S/C42H26S.C30H19Br.C12H9BO2S.CH4/c1-2-13-27(14-3-1)28-25-26-36(30-16-5-4-15-29(28)30)40-32-18-6-8-20-34(32)41(35-21-9-7-19-33(35)40)38-23-12-22-37-31-17-10-11-24-39(31)43-42(37)38;31-30-27-16-8-6-14-24(27)29(25-15-7-9-17-28(25)30)26-19-18-21(20-10-2-1-3-11-20)22-12-4-5-13-23(22)26;14-13(15)10-6-3-5-9-8-4-1-2-7-11(8)16-12(9)10;/h1-26H;1-19H;1-7,14-15H;1H4. The van der Waals surface area contributed by atoms with E-state index in [-0.39, 0.29) is 7.43 Å². The van der Waals surface area contributed by atoms with Gasteiger partial charge < -0.3 is 10.0 Å². The summed E-state index contributed by atoms with van der Waals surface area (Å²) in [7, 11) is -1.41. The van der Waals surface area contributed by atoms with Gasteiger partial charge in [-0.15, -0.1) is 22.7 Å². The first-order valence-electron chi connectivity index (χ1n) is 30.3. The van der Waals surface area contributed by atoms with E-state index < -0.39 is 7.12 Å². The molecule has 91 heavy (non-hydrogen) atoms. The third-order valence-corrected chi connectivity index (χ3v) is 21.1. The van der Waals surface area contributed by atoms with Crippen LogP contribution in [0.2, 0.25) is 0 Å². The molecule has 0 aliphatic carbocycles. The number of thiophene rings is 2. The summed E-state index contributed by atoms with van der Waals surface area (Å²) in [5.41, 5.74) is 13.4. The molecule has 0 amide bonds. The van der Waals surface area contributed by atoms with E-state index in [1.807, 2.05) is 41.7 Å². The minimum atomic E-state index is -1.41. The highest BCUT2D eigenvalue weighted by Gasteiger charge is 2.23. The van der Waals surface area contributed by atoms with E-state index in [0.29, 0.717) is 5.46 Å². The lowest BCUT2D eigenvalue weighted by Crippen LogP contribution is -2.29. The molecule has 0 aliphatic heterocycles. The highest BCUT2D eigenvalue weighted by molar-refractivity contribution is 9.10. The second-order valence-electron chi connectivity index (χ2n) is 22.7. The van der Waals surface area contributed by atoms with Gasteiger partial charge in [0, 0.05) is 45.0 Å². The molecule has 0 atom stereocenters. The monoisotopic (exact) mass is 1260 g/mol. The van der Waals surface area contributed by atoms with Crippen LogP contribution in [-0.2, 0) is 0 Å². The molecule has 0 bridgehead atoms. The van der Waals surface area contributed by atoms with Crippen molar-refractivity contribution in [2.75, 3.05) is 0 Å². The fraction of sp³-hybridized carbons (Fsp3) is 0.0118. The smallest absolute Gasteiger partial charge is 0.423 e. The van der Waals surface area contributed by atoms with Crippen LogP contribution in [0, 0.1) is 0 Å². The molecule has 16 aromatic carbocycles. The van der Waals surface area contributed by atoms with Crippen molar-refractivity contribution in [2.45, 2.75) is 7.43 Å². The van der Waals surface area contributed by atoms with E-state index in [9.17, 15) is 10.0 Å². The van der Waals surface area contributed by atoms with Crippen LogP contribution in [0.4, 0.5) is 0 Å². The summed E-state index contributed by atoms with van der Waals surface area (Å²) in [6.45, 7) is 0. The Morgan fingerprint density at radius 3 is 0.934 bits per heavy atom. The number of hydrogen-bond acceptors (Lipinski definition) is 4. The zero-order valence-corrected chi connectivity index (χ0v) is 51.9. The van der Waals surface area contributed by atoms with Crippen molar-refractivity contribution in [3.63, 3.8) is 0 Å². The van der Waals surface area contributed by atoms with Crippen molar-refractivity contribution in [1.29, 1.82) is 0 Å². The maximum absolute atomic E-state index is 9.31. The predicted molar refractivity (Wildman–Crippen MR) is 402 cm³/mol. The van der Waals surface area contributed by atoms with Gasteiger partial charge in [-0.05, 0) is 154 Å². The van der Waals surface area contributed by atoms with Crippen LogP contribution >= 0.6 is 38.6 Å². The first kappa shape index (κ1) is 57.4. The first-order valence-corrected chi connectivity index (χ1v) is 32.7. The maximum atomic E-state index is 9.31. The molecule has 0 radical (unpaired) electrons. The molecule has 18 rings (SSSR count). The van der Waals surface area contributed by atoms with E-state index in [1.165, 1.54) is 151 Å². The van der Waals surface area contributed by atoms with E-state index in [0.717, 1.165) is 14.6 Å². The van der Waals surface area contributed by atoms with Crippen molar-refractivity contribution in [3.05, 3.63) is 320 Å². The fourth-order valence-corrected chi connectivity index (χ4v) is 16.9. The van der Waals surface area contributed by atoms with Gasteiger partial charge >= 0.3 is 7.12 Å². The normalized spacial score (nSPS) is 11.4. The SMILES string of the molecule is Brc1c2ccccc2c(-c2ccc(-c3ccccc3)c3ccccc23)c2ccccc12.C.OB(O)c1cccc2c1sc1ccccc12.c1ccc(-c2ccc(-c3c4ccccc4c(-c4cccc5c4sc4ccccc45)c4ccccc34)c3ccccc23)cc1. The van der Waals surface area contributed by atoms with Crippen LogP contribution in [0.25, 0.3) is 161 Å². The number of rotatable bonds is 6. The molecule has 0 fully saturated rings. The quantitative estimate of drug-likeness (QED) is 0.129. The summed E-state index contributed by atoms with van der Waals surface area (Å²) in [5, 5.41) is 38.8. The van der Waals surface area contributed by atoms with Crippen LogP contribution in [0.1, 0.15) is 7.43 Å². The van der Waals surface area contributed by atoms with Gasteiger partial charge in [0.25, 0.3) is 0 Å². The van der Waals surface area contributed by atoms with E-state index in [4.69, 9.17) is 0 Å².